The molecule has 17 nitrogen and oxygen atoms in total. The van der Waals surface area contributed by atoms with Crippen LogP contribution in [0.1, 0.15) is 434 Å². The summed E-state index contributed by atoms with van der Waals surface area (Å²) in [5.41, 5.74) is 0. The quantitative estimate of drug-likeness (QED) is 0.0222. The van der Waals surface area contributed by atoms with Crippen LogP contribution >= 0.6 is 15.6 Å². The van der Waals surface area contributed by atoms with Gasteiger partial charge in [0.1, 0.15) is 19.3 Å². The first kappa shape index (κ1) is 100. The van der Waals surface area contributed by atoms with Crippen LogP contribution in [0.15, 0.2) is 0 Å². The lowest BCUT2D eigenvalue weighted by molar-refractivity contribution is -0.161. The van der Waals surface area contributed by atoms with Gasteiger partial charge >= 0.3 is 39.5 Å². The Bertz CT molecular complexity index is 1970. The predicted molar refractivity (Wildman–Crippen MR) is 418 cm³/mol. The first-order valence-electron chi connectivity index (χ1n) is 42.8. The van der Waals surface area contributed by atoms with Crippen molar-refractivity contribution in [3.63, 3.8) is 0 Å². The molecule has 102 heavy (non-hydrogen) atoms. The maximum atomic E-state index is 13.1. The van der Waals surface area contributed by atoms with Crippen molar-refractivity contribution in [3.8, 4) is 0 Å². The van der Waals surface area contributed by atoms with Gasteiger partial charge in [-0.1, -0.05) is 382 Å². The Morgan fingerprint density at radius 1 is 0.265 bits per heavy atom. The van der Waals surface area contributed by atoms with Gasteiger partial charge in [-0.3, -0.25) is 37.3 Å². The molecule has 0 amide bonds. The molecule has 0 saturated carbocycles. The molecule has 0 aromatic heterocycles. The predicted octanol–water partition coefficient (Wildman–Crippen LogP) is 24.9. The molecule has 606 valence electrons. The number of hydrogen-bond donors (Lipinski definition) is 3. The summed E-state index contributed by atoms with van der Waals surface area (Å²) in [6.45, 7) is 12.0. The lowest BCUT2D eigenvalue weighted by atomic mass is 10.0. The number of rotatable bonds is 81. The number of aliphatic hydroxyl groups excluding tert-OH is 1. The van der Waals surface area contributed by atoms with Gasteiger partial charge in [0, 0.05) is 25.7 Å². The molecule has 0 rings (SSSR count). The summed E-state index contributed by atoms with van der Waals surface area (Å²) in [6, 6.07) is 0. The normalized spacial score (nSPS) is 13.9. The van der Waals surface area contributed by atoms with Crippen LogP contribution in [0.5, 0.6) is 0 Å². The monoisotopic (exact) mass is 1490 g/mol. The maximum Gasteiger partial charge on any atom is 0.472 e. The Morgan fingerprint density at radius 3 is 0.667 bits per heavy atom. The van der Waals surface area contributed by atoms with Gasteiger partial charge < -0.3 is 33.8 Å². The van der Waals surface area contributed by atoms with Gasteiger partial charge in [0.25, 0.3) is 0 Å². The SMILES string of the molecule is CCCCCCCCCCCCC(=O)OC[C@H](COP(=O)(O)OC[C@H](O)COP(=O)(O)OC[C@@H](COC(=O)CCCCCCCCCCCCCCCCC(C)C)OC(=O)CCCCCCCCCCCCCCCCCCCCC(C)C)OC(=O)CCCCCCCCCCCCCC(C)C. The average molecular weight is 1490 g/mol. The first-order chi connectivity index (χ1) is 49.2. The van der Waals surface area contributed by atoms with Crippen LogP contribution in [0.4, 0.5) is 0 Å². The molecular weight excluding hydrogens is 1330 g/mol. The number of hydrogen-bond acceptors (Lipinski definition) is 15. The fraction of sp³-hybridized carbons (Fsp3) is 0.952. The molecule has 0 fully saturated rings. The zero-order chi connectivity index (χ0) is 75.1. The Labute approximate surface area is 626 Å². The number of ether oxygens (including phenoxy) is 4. The fourth-order valence-electron chi connectivity index (χ4n) is 12.8. The van der Waals surface area contributed by atoms with E-state index in [0.29, 0.717) is 25.7 Å². The number of esters is 4. The van der Waals surface area contributed by atoms with Crippen molar-refractivity contribution in [2.75, 3.05) is 39.6 Å². The molecule has 0 aromatic carbocycles. The largest absolute Gasteiger partial charge is 0.472 e. The Morgan fingerprint density at radius 2 is 0.451 bits per heavy atom. The highest BCUT2D eigenvalue weighted by molar-refractivity contribution is 7.47. The third-order valence-electron chi connectivity index (χ3n) is 19.4. The summed E-state index contributed by atoms with van der Waals surface area (Å²) in [5.74, 6) is 0.277. The Hall–Kier alpha value is -1.94. The molecule has 0 saturated heterocycles. The van der Waals surface area contributed by atoms with Crippen molar-refractivity contribution in [2.24, 2.45) is 17.8 Å². The van der Waals surface area contributed by atoms with Crippen LogP contribution < -0.4 is 0 Å². The second-order valence-corrected chi connectivity index (χ2v) is 34.2. The van der Waals surface area contributed by atoms with E-state index in [2.05, 4.69) is 48.5 Å². The van der Waals surface area contributed by atoms with E-state index in [1.165, 1.54) is 244 Å². The lowest BCUT2D eigenvalue weighted by Gasteiger charge is -2.21. The molecule has 5 atom stereocenters. The van der Waals surface area contributed by atoms with Crippen LogP contribution in [-0.4, -0.2) is 96.7 Å². The zero-order valence-electron chi connectivity index (χ0n) is 67.1. The molecule has 0 aliphatic carbocycles. The third-order valence-corrected chi connectivity index (χ3v) is 21.3. The molecule has 2 unspecified atom stereocenters. The van der Waals surface area contributed by atoms with Crippen LogP contribution in [0, 0.1) is 17.8 Å². The number of phosphoric ester groups is 2. The topological polar surface area (TPSA) is 237 Å². The second-order valence-electron chi connectivity index (χ2n) is 31.3. The molecule has 3 N–H and O–H groups in total. The Kier molecular flexibility index (Phi) is 71.8. The van der Waals surface area contributed by atoms with E-state index in [-0.39, 0.29) is 25.7 Å². The van der Waals surface area contributed by atoms with E-state index in [9.17, 15) is 43.2 Å². The summed E-state index contributed by atoms with van der Waals surface area (Å²) >= 11 is 0. The van der Waals surface area contributed by atoms with Crippen molar-refractivity contribution >= 4 is 39.5 Å². The summed E-state index contributed by atoms with van der Waals surface area (Å²) in [7, 11) is -9.92. The molecule has 0 aliphatic heterocycles. The highest BCUT2D eigenvalue weighted by atomic mass is 31.2. The van der Waals surface area contributed by atoms with E-state index in [0.717, 1.165) is 108 Å². The van der Waals surface area contributed by atoms with Crippen molar-refractivity contribution < 1.29 is 80.2 Å². The molecule has 0 heterocycles. The van der Waals surface area contributed by atoms with Gasteiger partial charge in [0.05, 0.1) is 26.4 Å². The van der Waals surface area contributed by atoms with Crippen LogP contribution in [0.2, 0.25) is 0 Å². The van der Waals surface area contributed by atoms with E-state index in [4.69, 9.17) is 37.0 Å². The average Bonchev–Trinajstić information content (AvgIpc) is 0.917. The summed E-state index contributed by atoms with van der Waals surface area (Å²) < 4.78 is 68.8. The van der Waals surface area contributed by atoms with Crippen LogP contribution in [-0.2, 0) is 65.4 Å². The first-order valence-corrected chi connectivity index (χ1v) is 45.8. The van der Waals surface area contributed by atoms with Crippen LogP contribution in [0.25, 0.3) is 0 Å². The highest BCUT2D eigenvalue weighted by Gasteiger charge is 2.30. The number of aliphatic hydroxyl groups is 1. The van der Waals surface area contributed by atoms with Crippen LogP contribution in [0.3, 0.4) is 0 Å². The third kappa shape index (κ3) is 76.3. The van der Waals surface area contributed by atoms with Crippen molar-refractivity contribution in [2.45, 2.75) is 452 Å². The molecule has 19 heteroatoms. The van der Waals surface area contributed by atoms with Crippen molar-refractivity contribution in [1.29, 1.82) is 0 Å². The number of unbranched alkanes of at least 4 members (excludes halogenated alkanes) is 49. The smallest absolute Gasteiger partial charge is 0.462 e. The van der Waals surface area contributed by atoms with Gasteiger partial charge in [-0.05, 0) is 43.4 Å². The standard InChI is InChI=1S/C83H162O17P2/c1-8-9-10-11-12-13-36-43-50-57-64-80(85)93-70-78(100-83(88)67-60-53-46-39-32-26-29-35-42-49-56-63-76(6)7)72-97-101(89,90)95-68-77(84)69-96-102(91,92)98-73-79(71-94-81(86)65-58-51-44-37-30-24-21-20-23-28-34-41-48-55-62-75(4)5)99-82(87)66-59-52-45-38-31-25-19-17-15-14-16-18-22-27-33-40-47-54-61-74(2)3/h74-79,84H,8-73H2,1-7H3,(H,89,90)(H,91,92)/t77-,78+,79+/m0/s1. The second kappa shape index (κ2) is 73.2. The minimum Gasteiger partial charge on any atom is -0.462 e. The Balaban J connectivity index is 5.23. The minimum absolute atomic E-state index is 0.107. The van der Waals surface area contributed by atoms with E-state index in [1.54, 1.807) is 0 Å². The van der Waals surface area contributed by atoms with Gasteiger partial charge in [-0.25, -0.2) is 9.13 Å². The molecule has 0 radical (unpaired) electrons. The number of carbonyl (C=O) groups excluding carboxylic acids is 4. The number of phosphoric acid groups is 2. The molecule has 0 aromatic rings. The van der Waals surface area contributed by atoms with Gasteiger partial charge in [-0.15, -0.1) is 0 Å². The van der Waals surface area contributed by atoms with Gasteiger partial charge in [0.2, 0.25) is 0 Å². The highest BCUT2D eigenvalue weighted by Crippen LogP contribution is 2.45. The van der Waals surface area contributed by atoms with Crippen molar-refractivity contribution in [1.82, 2.24) is 0 Å². The lowest BCUT2D eigenvalue weighted by Crippen LogP contribution is -2.30. The van der Waals surface area contributed by atoms with E-state index < -0.39 is 97.5 Å². The maximum absolute atomic E-state index is 13.1. The van der Waals surface area contributed by atoms with Gasteiger partial charge in [0.15, 0.2) is 12.2 Å². The summed E-state index contributed by atoms with van der Waals surface area (Å²) in [5, 5.41) is 10.7. The minimum atomic E-state index is -4.96. The fourth-order valence-corrected chi connectivity index (χ4v) is 14.4. The number of carbonyl (C=O) groups is 4. The van der Waals surface area contributed by atoms with E-state index >= 15 is 0 Å². The van der Waals surface area contributed by atoms with Crippen molar-refractivity contribution in [3.05, 3.63) is 0 Å². The molecule has 0 bridgehead atoms. The molecule has 0 aliphatic rings. The summed E-state index contributed by atoms with van der Waals surface area (Å²) in [4.78, 5) is 73.1. The zero-order valence-corrected chi connectivity index (χ0v) is 68.9. The molecular formula is C83H162O17P2. The van der Waals surface area contributed by atoms with E-state index in [1.807, 2.05) is 0 Å². The molecule has 0 spiro atoms. The van der Waals surface area contributed by atoms with Gasteiger partial charge in [-0.2, -0.15) is 0 Å². The summed E-state index contributed by atoms with van der Waals surface area (Å²) in [6.07, 6.45) is 62.4.